The maximum atomic E-state index is 13.1. The molecule has 0 saturated carbocycles. The van der Waals surface area contributed by atoms with Crippen LogP contribution >= 0.6 is 27.7 Å². The van der Waals surface area contributed by atoms with Crippen LogP contribution in [0.15, 0.2) is 51.8 Å². The summed E-state index contributed by atoms with van der Waals surface area (Å²) in [6.07, 6.45) is 2.73. The Hall–Kier alpha value is -0.880. The zero-order chi connectivity index (χ0) is 14.5. The van der Waals surface area contributed by atoms with Gasteiger partial charge in [0, 0.05) is 9.37 Å². The van der Waals surface area contributed by atoms with Crippen LogP contribution in [0.4, 0.5) is 4.39 Å². The number of nitrogens with two attached hydrogens (primary N) is 1. The Morgan fingerprint density at radius 2 is 2.05 bits per heavy atom. The highest BCUT2D eigenvalue weighted by Gasteiger charge is 2.15. The Morgan fingerprint density at radius 3 is 2.70 bits per heavy atom. The molecule has 2 aromatic rings. The third kappa shape index (κ3) is 3.61. The van der Waals surface area contributed by atoms with Crippen molar-refractivity contribution in [2.24, 2.45) is 5.84 Å². The minimum Gasteiger partial charge on any atom is -0.271 e. The molecule has 0 amide bonds. The van der Waals surface area contributed by atoms with Gasteiger partial charge in [-0.2, -0.15) is 0 Å². The van der Waals surface area contributed by atoms with Crippen molar-refractivity contribution in [1.29, 1.82) is 0 Å². The number of nitrogens with one attached hydrogen (secondary N) is 1. The van der Waals surface area contributed by atoms with Gasteiger partial charge >= 0.3 is 0 Å². The summed E-state index contributed by atoms with van der Waals surface area (Å²) in [6, 6.07) is 12.9. The molecule has 0 saturated heterocycles. The molecule has 0 fully saturated rings. The van der Waals surface area contributed by atoms with E-state index in [1.165, 1.54) is 17.0 Å². The molecule has 106 valence electrons. The summed E-state index contributed by atoms with van der Waals surface area (Å²) in [4.78, 5) is 1.19. The first-order valence-corrected chi connectivity index (χ1v) is 8.20. The fourth-order valence-corrected chi connectivity index (χ4v) is 3.29. The van der Waals surface area contributed by atoms with Crippen LogP contribution in [0.3, 0.4) is 0 Å². The van der Waals surface area contributed by atoms with Crippen molar-refractivity contribution in [2.45, 2.75) is 17.4 Å². The second-order valence-corrected chi connectivity index (χ2v) is 6.10. The molecule has 0 aromatic heterocycles. The molecule has 1 atom stereocenters. The first-order chi connectivity index (χ1) is 9.65. The smallest absolute Gasteiger partial charge is 0.124 e. The van der Waals surface area contributed by atoms with Gasteiger partial charge in [0.05, 0.1) is 6.04 Å². The molecule has 1 unspecified atom stereocenters. The van der Waals surface area contributed by atoms with Crippen LogP contribution in [0.2, 0.25) is 0 Å². The second kappa shape index (κ2) is 7.22. The van der Waals surface area contributed by atoms with E-state index in [0.29, 0.717) is 6.42 Å². The molecule has 5 heteroatoms. The molecule has 0 aliphatic carbocycles. The molecule has 3 N–H and O–H groups in total. The molecule has 0 bridgehead atoms. The van der Waals surface area contributed by atoms with Crippen molar-refractivity contribution in [3.05, 3.63) is 63.9 Å². The monoisotopic (exact) mass is 354 g/mol. The van der Waals surface area contributed by atoms with E-state index in [4.69, 9.17) is 5.84 Å². The van der Waals surface area contributed by atoms with Crippen molar-refractivity contribution < 1.29 is 4.39 Å². The van der Waals surface area contributed by atoms with Gasteiger partial charge in [-0.1, -0.05) is 40.2 Å². The van der Waals surface area contributed by atoms with E-state index in [2.05, 4.69) is 33.5 Å². The normalized spacial score (nSPS) is 12.4. The zero-order valence-corrected chi connectivity index (χ0v) is 13.5. The summed E-state index contributed by atoms with van der Waals surface area (Å²) in [6.45, 7) is 0. The summed E-state index contributed by atoms with van der Waals surface area (Å²) in [5, 5.41) is 0. The van der Waals surface area contributed by atoms with Crippen LogP contribution in [-0.2, 0) is 6.42 Å². The Morgan fingerprint density at radius 1 is 1.30 bits per heavy atom. The van der Waals surface area contributed by atoms with E-state index in [9.17, 15) is 4.39 Å². The summed E-state index contributed by atoms with van der Waals surface area (Å²) in [5.74, 6) is 5.46. The molecule has 2 nitrogen and oxygen atoms in total. The Balaban J connectivity index is 2.29. The maximum Gasteiger partial charge on any atom is 0.124 e. The number of rotatable bonds is 5. The van der Waals surface area contributed by atoms with Crippen LogP contribution < -0.4 is 11.3 Å². The topological polar surface area (TPSA) is 38.0 Å². The van der Waals surface area contributed by atoms with Gasteiger partial charge < -0.3 is 0 Å². The van der Waals surface area contributed by atoms with Gasteiger partial charge in [0.2, 0.25) is 0 Å². The molecule has 0 spiro atoms. The first kappa shape index (κ1) is 15.5. The van der Waals surface area contributed by atoms with E-state index >= 15 is 0 Å². The Labute approximate surface area is 131 Å². The van der Waals surface area contributed by atoms with Crippen LogP contribution in [-0.4, -0.2) is 6.26 Å². The molecule has 0 aliphatic rings. The van der Waals surface area contributed by atoms with Crippen molar-refractivity contribution in [3.8, 4) is 0 Å². The number of hydrogen-bond acceptors (Lipinski definition) is 3. The molecule has 20 heavy (non-hydrogen) atoms. The van der Waals surface area contributed by atoms with Crippen molar-refractivity contribution in [3.63, 3.8) is 0 Å². The lowest BCUT2D eigenvalue weighted by Crippen LogP contribution is -2.30. The largest absolute Gasteiger partial charge is 0.271 e. The average molecular weight is 355 g/mol. The second-order valence-electron chi connectivity index (χ2n) is 4.40. The highest BCUT2D eigenvalue weighted by Crippen LogP contribution is 2.29. The van der Waals surface area contributed by atoms with Gasteiger partial charge in [0.1, 0.15) is 5.82 Å². The maximum absolute atomic E-state index is 13.1. The van der Waals surface area contributed by atoms with E-state index in [-0.39, 0.29) is 11.9 Å². The zero-order valence-electron chi connectivity index (χ0n) is 11.1. The van der Waals surface area contributed by atoms with Crippen molar-refractivity contribution in [1.82, 2.24) is 5.43 Å². The molecule has 0 heterocycles. The van der Waals surface area contributed by atoms with Gasteiger partial charge in [0.25, 0.3) is 0 Å². The molecule has 2 rings (SSSR count). The highest BCUT2D eigenvalue weighted by molar-refractivity contribution is 9.10. The SMILES string of the molecule is CSc1ccccc1C(Cc1ccc(F)cc1Br)NN. The van der Waals surface area contributed by atoms with Gasteiger partial charge in [-0.25, -0.2) is 4.39 Å². The first-order valence-electron chi connectivity index (χ1n) is 6.18. The lowest BCUT2D eigenvalue weighted by molar-refractivity contribution is 0.542. The molecular weight excluding hydrogens is 339 g/mol. The van der Waals surface area contributed by atoms with E-state index < -0.39 is 0 Å². The fraction of sp³-hybridized carbons (Fsp3) is 0.200. The van der Waals surface area contributed by atoms with Gasteiger partial charge in [-0.05, 0) is 42.0 Å². The lowest BCUT2D eigenvalue weighted by Gasteiger charge is -2.19. The third-order valence-corrected chi connectivity index (χ3v) is 4.70. The average Bonchev–Trinajstić information content (AvgIpc) is 2.46. The summed E-state index contributed by atoms with van der Waals surface area (Å²) in [5.41, 5.74) is 5.03. The summed E-state index contributed by atoms with van der Waals surface area (Å²) < 4.78 is 13.9. The number of hydrazine groups is 1. The van der Waals surface area contributed by atoms with Gasteiger partial charge in [-0.15, -0.1) is 11.8 Å². The molecular formula is C15H16BrFN2S. The quantitative estimate of drug-likeness (QED) is 0.483. The summed E-state index contributed by atoms with van der Waals surface area (Å²) in [7, 11) is 0. The van der Waals surface area contributed by atoms with E-state index in [1.807, 2.05) is 18.4 Å². The number of thioether (sulfide) groups is 1. The predicted octanol–water partition coefficient (Wildman–Crippen LogP) is 4.06. The highest BCUT2D eigenvalue weighted by atomic mass is 79.9. The van der Waals surface area contributed by atoms with Crippen molar-refractivity contribution >= 4 is 27.7 Å². The van der Waals surface area contributed by atoms with Crippen molar-refractivity contribution in [2.75, 3.05) is 6.26 Å². The van der Waals surface area contributed by atoms with E-state index in [1.54, 1.807) is 17.8 Å². The van der Waals surface area contributed by atoms with E-state index in [0.717, 1.165) is 15.6 Å². The molecule has 0 radical (unpaired) electrons. The third-order valence-electron chi connectivity index (χ3n) is 3.15. The predicted molar refractivity (Wildman–Crippen MR) is 86.1 cm³/mol. The fourth-order valence-electron chi connectivity index (χ4n) is 2.12. The minimum absolute atomic E-state index is 0.0135. The van der Waals surface area contributed by atoms with Gasteiger partial charge in [0.15, 0.2) is 0 Å². The summed E-state index contributed by atoms with van der Waals surface area (Å²) >= 11 is 5.09. The van der Waals surface area contributed by atoms with Gasteiger partial charge in [-0.3, -0.25) is 11.3 Å². The Kier molecular flexibility index (Phi) is 5.60. The van der Waals surface area contributed by atoms with Crippen LogP contribution in [0, 0.1) is 5.82 Å². The van der Waals surface area contributed by atoms with Crippen LogP contribution in [0.25, 0.3) is 0 Å². The van der Waals surface area contributed by atoms with Crippen LogP contribution in [0.1, 0.15) is 17.2 Å². The Bertz CT molecular complexity index is 592. The number of hydrogen-bond donors (Lipinski definition) is 2. The minimum atomic E-state index is -0.248. The number of benzene rings is 2. The number of halogens is 2. The standard InChI is InChI=1S/C15H16BrFN2S/c1-20-15-5-3-2-4-12(15)14(19-18)8-10-6-7-11(17)9-13(10)16/h2-7,9,14,19H,8,18H2,1H3. The molecule has 2 aromatic carbocycles. The molecule has 0 aliphatic heterocycles. The lowest BCUT2D eigenvalue weighted by atomic mass is 9.99. The van der Waals surface area contributed by atoms with Crippen LogP contribution in [0.5, 0.6) is 0 Å².